The number of carbonyl (C=O) groups excluding carboxylic acids is 2. The molecule has 1 fully saturated rings. The number of nitrogens with zero attached hydrogens (tertiary/aromatic N) is 4. The zero-order valence-corrected chi connectivity index (χ0v) is 20.5. The van der Waals surface area contributed by atoms with Crippen molar-refractivity contribution in [1.29, 1.82) is 0 Å². The van der Waals surface area contributed by atoms with Crippen LogP contribution in [-0.4, -0.2) is 43.6 Å². The van der Waals surface area contributed by atoms with E-state index in [4.69, 9.17) is 0 Å². The molecule has 1 aliphatic heterocycles. The van der Waals surface area contributed by atoms with E-state index in [2.05, 4.69) is 27.9 Å². The molecule has 0 aliphatic carbocycles. The summed E-state index contributed by atoms with van der Waals surface area (Å²) in [7, 11) is 2.04. The number of hydrogen-bond donors (Lipinski definition) is 0. The number of Topliss-reactive ketones (excluding diaryl/α,β-unsaturated/α-hetero) is 1. The van der Waals surface area contributed by atoms with E-state index in [0.29, 0.717) is 18.8 Å². The zero-order chi connectivity index (χ0) is 24.2. The van der Waals surface area contributed by atoms with Crippen LogP contribution in [0.25, 0.3) is 16.6 Å². The van der Waals surface area contributed by atoms with Gasteiger partial charge in [0, 0.05) is 67.8 Å². The van der Waals surface area contributed by atoms with Crippen molar-refractivity contribution in [3.63, 3.8) is 0 Å². The van der Waals surface area contributed by atoms with Gasteiger partial charge in [-0.15, -0.1) is 0 Å². The number of unbranched alkanes of at least 4 members (excludes halogenated alkanes) is 2. The number of benzene rings is 1. The number of carbonyl (C=O) groups is 2. The molecule has 0 unspecified atom stereocenters. The minimum Gasteiger partial charge on any atom is -0.350 e. The summed E-state index contributed by atoms with van der Waals surface area (Å²) < 4.78 is 4.00. The van der Waals surface area contributed by atoms with Crippen molar-refractivity contribution in [1.82, 2.24) is 18.9 Å². The highest BCUT2D eigenvalue weighted by Gasteiger charge is 2.23. The number of aryl methyl sites for hydroxylation is 1. The first-order valence-corrected chi connectivity index (χ1v) is 12.8. The summed E-state index contributed by atoms with van der Waals surface area (Å²) in [5.74, 6) is 1.14. The van der Waals surface area contributed by atoms with Crippen LogP contribution < -0.4 is 0 Å². The minimum atomic E-state index is 0.207. The Kier molecular flexibility index (Phi) is 6.98. The molecular formula is C29H34N4O2. The van der Waals surface area contributed by atoms with Gasteiger partial charge in [-0.1, -0.05) is 37.5 Å². The third-order valence-corrected chi connectivity index (χ3v) is 7.52. The van der Waals surface area contributed by atoms with Crippen LogP contribution >= 0.6 is 0 Å². The van der Waals surface area contributed by atoms with Crippen molar-refractivity contribution in [2.75, 3.05) is 13.1 Å². The lowest BCUT2D eigenvalue weighted by atomic mass is 9.90. The summed E-state index contributed by atoms with van der Waals surface area (Å²) in [5.41, 5.74) is 3.92. The fourth-order valence-electron chi connectivity index (χ4n) is 5.44. The van der Waals surface area contributed by atoms with E-state index in [0.717, 1.165) is 62.0 Å². The number of fused-ring (bicyclic) bond motifs is 2. The number of piperidine rings is 1. The number of aromatic nitrogens is 3. The van der Waals surface area contributed by atoms with Gasteiger partial charge in [-0.05, 0) is 48.9 Å². The molecule has 35 heavy (non-hydrogen) atoms. The van der Waals surface area contributed by atoms with Gasteiger partial charge in [-0.25, -0.2) is 4.98 Å². The van der Waals surface area contributed by atoms with Crippen molar-refractivity contribution in [3.05, 3.63) is 72.3 Å². The maximum absolute atomic E-state index is 12.9. The maximum Gasteiger partial charge on any atom is 0.227 e. The lowest BCUT2D eigenvalue weighted by Crippen LogP contribution is -2.39. The van der Waals surface area contributed by atoms with Crippen LogP contribution in [0.2, 0.25) is 0 Å². The van der Waals surface area contributed by atoms with E-state index < -0.39 is 0 Å². The van der Waals surface area contributed by atoms with Crippen LogP contribution in [-0.2, 0) is 18.3 Å². The van der Waals surface area contributed by atoms with Gasteiger partial charge in [0.15, 0.2) is 5.78 Å². The summed E-state index contributed by atoms with van der Waals surface area (Å²) in [6, 6.07) is 12.1. The molecule has 1 aromatic carbocycles. The lowest BCUT2D eigenvalue weighted by Gasteiger charge is -2.32. The average Bonchev–Trinajstić information content (AvgIpc) is 3.48. The van der Waals surface area contributed by atoms with Crippen LogP contribution in [0.1, 0.15) is 60.9 Å². The molecule has 3 aromatic heterocycles. The first kappa shape index (κ1) is 23.3. The third-order valence-electron chi connectivity index (χ3n) is 7.52. The smallest absolute Gasteiger partial charge is 0.227 e. The Bertz CT molecular complexity index is 1330. The largest absolute Gasteiger partial charge is 0.350 e. The first-order valence-electron chi connectivity index (χ1n) is 12.8. The standard InChI is InChI=1S/C29H34N4O2/c1-31-20-24(25-8-5-6-9-26(25)31)19-29(35)32-16-13-22(14-17-32)7-3-2-4-10-27(34)23-11-12-28-30-15-18-33(28)21-23/h5-6,8-9,11-12,15,18,20-22H,2-4,7,10,13-14,16-17,19H2,1H3. The fraction of sp³-hybridized carbons (Fsp3) is 0.414. The molecule has 0 spiro atoms. The summed E-state index contributed by atoms with van der Waals surface area (Å²) in [6.45, 7) is 1.73. The number of imidazole rings is 1. The van der Waals surface area contributed by atoms with Crippen LogP contribution in [0.5, 0.6) is 0 Å². The molecule has 6 nitrogen and oxygen atoms in total. The van der Waals surface area contributed by atoms with Crippen molar-refractivity contribution < 1.29 is 9.59 Å². The fourth-order valence-corrected chi connectivity index (χ4v) is 5.44. The molecule has 0 N–H and O–H groups in total. The van der Waals surface area contributed by atoms with Gasteiger partial charge in [-0.3, -0.25) is 9.59 Å². The lowest BCUT2D eigenvalue weighted by molar-refractivity contribution is -0.131. The van der Waals surface area contributed by atoms with Gasteiger partial charge >= 0.3 is 0 Å². The maximum atomic E-state index is 12.9. The Labute approximate surface area is 206 Å². The second-order valence-electron chi connectivity index (χ2n) is 9.92. The predicted molar refractivity (Wildman–Crippen MR) is 139 cm³/mol. The Morgan fingerprint density at radius 2 is 1.83 bits per heavy atom. The molecule has 0 saturated carbocycles. The zero-order valence-electron chi connectivity index (χ0n) is 20.5. The topological polar surface area (TPSA) is 59.6 Å². The molecular weight excluding hydrogens is 436 g/mol. The van der Waals surface area contributed by atoms with Crippen LogP contribution in [0.3, 0.4) is 0 Å². The molecule has 1 amide bonds. The van der Waals surface area contributed by atoms with E-state index in [-0.39, 0.29) is 11.7 Å². The second-order valence-corrected chi connectivity index (χ2v) is 9.92. The van der Waals surface area contributed by atoms with Crippen molar-refractivity contribution in [2.45, 2.75) is 51.4 Å². The molecule has 0 radical (unpaired) electrons. The van der Waals surface area contributed by atoms with Crippen molar-refractivity contribution in [2.24, 2.45) is 13.0 Å². The van der Waals surface area contributed by atoms with Crippen molar-refractivity contribution >= 4 is 28.2 Å². The van der Waals surface area contributed by atoms with E-state index in [1.807, 2.05) is 53.0 Å². The van der Waals surface area contributed by atoms with Crippen molar-refractivity contribution in [3.8, 4) is 0 Å². The third kappa shape index (κ3) is 5.31. The van der Waals surface area contributed by atoms with Gasteiger partial charge < -0.3 is 13.9 Å². The predicted octanol–water partition coefficient (Wildman–Crippen LogP) is 5.44. The normalized spacial score (nSPS) is 14.7. The first-order chi connectivity index (χ1) is 17.1. The average molecular weight is 471 g/mol. The number of hydrogen-bond acceptors (Lipinski definition) is 3. The summed E-state index contributed by atoms with van der Waals surface area (Å²) in [4.78, 5) is 31.7. The Morgan fingerprint density at radius 1 is 1.00 bits per heavy atom. The van der Waals surface area contributed by atoms with Crippen LogP contribution in [0, 0.1) is 5.92 Å². The molecule has 5 rings (SSSR count). The van der Waals surface area contributed by atoms with Gasteiger partial charge in [-0.2, -0.15) is 0 Å². The number of pyridine rings is 1. The van der Waals surface area contributed by atoms with E-state index in [1.165, 1.54) is 17.3 Å². The SMILES string of the molecule is Cn1cc(CC(=O)N2CCC(CCCCCC(=O)c3ccc4nccn4c3)CC2)c2ccccc21. The van der Waals surface area contributed by atoms with Gasteiger partial charge in [0.1, 0.15) is 5.65 Å². The Hall–Kier alpha value is -3.41. The highest BCUT2D eigenvalue weighted by molar-refractivity contribution is 5.96. The quantitative estimate of drug-likeness (QED) is 0.242. The highest BCUT2D eigenvalue weighted by atomic mass is 16.2. The number of likely N-dealkylation sites (tertiary alicyclic amines) is 1. The van der Waals surface area contributed by atoms with E-state index in [1.54, 1.807) is 6.20 Å². The Balaban J connectivity index is 1.01. The van der Waals surface area contributed by atoms with Gasteiger partial charge in [0.2, 0.25) is 5.91 Å². The van der Waals surface area contributed by atoms with Gasteiger partial charge in [0.05, 0.1) is 6.42 Å². The molecule has 0 bridgehead atoms. The van der Waals surface area contributed by atoms with E-state index in [9.17, 15) is 9.59 Å². The molecule has 182 valence electrons. The van der Waals surface area contributed by atoms with Crippen LogP contribution in [0.4, 0.5) is 0 Å². The van der Waals surface area contributed by atoms with Gasteiger partial charge in [0.25, 0.3) is 0 Å². The summed E-state index contributed by atoms with van der Waals surface area (Å²) >= 11 is 0. The number of rotatable bonds is 9. The second kappa shape index (κ2) is 10.5. The number of amides is 1. The molecule has 1 saturated heterocycles. The molecule has 4 heterocycles. The summed E-state index contributed by atoms with van der Waals surface area (Å²) in [6.07, 6.45) is 15.2. The van der Waals surface area contributed by atoms with E-state index >= 15 is 0 Å². The molecule has 0 atom stereocenters. The van der Waals surface area contributed by atoms with Crippen LogP contribution in [0.15, 0.2) is 61.2 Å². The molecule has 6 heteroatoms. The summed E-state index contributed by atoms with van der Waals surface area (Å²) in [5, 5.41) is 1.18. The Morgan fingerprint density at radius 3 is 2.69 bits per heavy atom. The molecule has 4 aromatic rings. The number of ketones is 1. The molecule has 1 aliphatic rings. The number of para-hydroxylation sites is 1. The highest BCUT2D eigenvalue weighted by Crippen LogP contribution is 2.25. The minimum absolute atomic E-state index is 0.207. The monoisotopic (exact) mass is 470 g/mol.